The van der Waals surface area contributed by atoms with E-state index in [1.54, 1.807) is 18.2 Å². The second-order valence-electron chi connectivity index (χ2n) is 8.39. The Morgan fingerprint density at radius 1 is 1.08 bits per heavy atom. The van der Waals surface area contributed by atoms with Gasteiger partial charge in [0.1, 0.15) is 11.9 Å². The number of benzene rings is 1. The van der Waals surface area contributed by atoms with E-state index in [9.17, 15) is 17.6 Å². The third kappa shape index (κ3) is 7.21. The summed E-state index contributed by atoms with van der Waals surface area (Å²) in [6.45, 7) is 3.15. The first-order valence-electron chi connectivity index (χ1n) is 11.8. The van der Waals surface area contributed by atoms with Gasteiger partial charge in [-0.15, -0.1) is 0 Å². The van der Waals surface area contributed by atoms with E-state index in [1.165, 1.54) is 12.4 Å². The minimum atomic E-state index is -1.37. The van der Waals surface area contributed by atoms with Crippen molar-refractivity contribution in [2.45, 2.75) is 31.9 Å². The molecule has 5 rings (SSSR count). The fourth-order valence-electron chi connectivity index (χ4n) is 3.74. The van der Waals surface area contributed by atoms with E-state index in [0.29, 0.717) is 17.8 Å². The number of hydrogen-bond donors (Lipinski definition) is 3. The lowest BCUT2D eigenvalue weighted by molar-refractivity contribution is 0.266. The van der Waals surface area contributed by atoms with Crippen LogP contribution in [0.15, 0.2) is 36.7 Å². The normalized spacial score (nSPS) is 17.7. The van der Waals surface area contributed by atoms with Crippen LogP contribution in [0.5, 0.6) is 11.6 Å². The second-order valence-corrected chi connectivity index (χ2v) is 9.29. The summed E-state index contributed by atoms with van der Waals surface area (Å²) in [5.41, 5.74) is 5.76. The molecule has 4 heterocycles. The molecule has 1 unspecified atom stereocenters. The zero-order valence-corrected chi connectivity index (χ0v) is 20.7. The van der Waals surface area contributed by atoms with Crippen LogP contribution < -0.4 is 20.5 Å². The Bertz CT molecular complexity index is 1190. The van der Waals surface area contributed by atoms with Crippen molar-refractivity contribution in [3.63, 3.8) is 0 Å². The first-order chi connectivity index (χ1) is 17.9. The third-order valence-corrected chi connectivity index (χ3v) is 6.55. The number of pyridine rings is 1. The van der Waals surface area contributed by atoms with Gasteiger partial charge in [0.05, 0.1) is 11.3 Å². The molecule has 4 N–H and O–H groups in total. The number of ether oxygens (including phenoxy) is 1. The Labute approximate surface area is 216 Å². The highest BCUT2D eigenvalue weighted by atomic mass is 32.2. The number of nitrogens with two attached hydrogens (primary N) is 1. The van der Waals surface area contributed by atoms with E-state index >= 15 is 0 Å². The average molecular weight is 538 g/mol. The third-order valence-electron chi connectivity index (χ3n) is 5.63. The monoisotopic (exact) mass is 537 g/mol. The zero-order valence-electron chi connectivity index (χ0n) is 19.9. The molecule has 2 fully saturated rings. The van der Waals surface area contributed by atoms with Crippen LogP contribution in [-0.4, -0.2) is 51.6 Å². The predicted octanol–water partition coefficient (Wildman–Crippen LogP) is 5.11. The number of piperidine rings is 1. The number of rotatable bonds is 6. The molecule has 2 saturated heterocycles. The van der Waals surface area contributed by atoms with Gasteiger partial charge in [0.2, 0.25) is 17.6 Å². The van der Waals surface area contributed by atoms with Crippen LogP contribution in [0.4, 0.5) is 29.2 Å². The number of nitrogen functional groups attached to an aromatic ring is 1. The number of nitrogens with zero attached hydrogens (tertiary/aromatic N) is 4. The summed E-state index contributed by atoms with van der Waals surface area (Å²) in [5.74, 6) is -4.39. The number of nitrogens with one attached hydrogen (secondary N) is 2. The van der Waals surface area contributed by atoms with Crippen LogP contribution in [0, 0.1) is 17.5 Å². The Kier molecular flexibility index (Phi) is 9.36. The Morgan fingerprint density at radius 3 is 2.57 bits per heavy atom. The van der Waals surface area contributed by atoms with Crippen LogP contribution in [0.3, 0.4) is 0 Å². The molecule has 0 spiro atoms. The Balaban J connectivity index is 0.000000396. The fourth-order valence-corrected chi connectivity index (χ4v) is 4.58. The van der Waals surface area contributed by atoms with Crippen molar-refractivity contribution in [2.75, 3.05) is 36.6 Å². The van der Waals surface area contributed by atoms with Gasteiger partial charge in [-0.25, -0.2) is 32.4 Å². The number of anilines is 2. The highest BCUT2D eigenvalue weighted by Crippen LogP contribution is 2.36. The molecular weight excluding hydrogens is 510 g/mol. The minimum absolute atomic E-state index is 0.0245. The SMILES string of the molecule is FC1CCCNC1.Nc1nccc(-c2cccnc2Oc2cc(F)c(NSN3CCCC3)c(F)c2F)n1. The predicted molar refractivity (Wildman–Crippen MR) is 135 cm³/mol. The van der Waals surface area contributed by atoms with E-state index in [2.05, 4.69) is 25.0 Å². The molecule has 0 saturated carbocycles. The van der Waals surface area contributed by atoms with Crippen molar-refractivity contribution in [1.82, 2.24) is 24.6 Å². The smallest absolute Gasteiger partial charge is 0.228 e. The molecule has 2 aliphatic rings. The van der Waals surface area contributed by atoms with Gasteiger partial charge < -0.3 is 20.5 Å². The van der Waals surface area contributed by atoms with Crippen LogP contribution in [0.2, 0.25) is 0 Å². The summed E-state index contributed by atoms with van der Waals surface area (Å²) < 4.78 is 65.7. The molecule has 37 heavy (non-hydrogen) atoms. The van der Waals surface area contributed by atoms with Crippen molar-refractivity contribution < 1.29 is 22.3 Å². The lowest BCUT2D eigenvalue weighted by Gasteiger charge is -2.16. The largest absolute Gasteiger partial charge is 0.435 e. The first-order valence-corrected chi connectivity index (χ1v) is 12.6. The molecule has 2 aliphatic heterocycles. The van der Waals surface area contributed by atoms with Crippen LogP contribution >= 0.6 is 12.1 Å². The summed E-state index contributed by atoms with van der Waals surface area (Å²) in [5, 5.41) is 2.96. The van der Waals surface area contributed by atoms with E-state index in [-0.39, 0.29) is 11.8 Å². The quantitative estimate of drug-likeness (QED) is 0.225. The van der Waals surface area contributed by atoms with Gasteiger partial charge >= 0.3 is 0 Å². The van der Waals surface area contributed by atoms with Gasteiger partial charge in [-0.2, -0.15) is 4.39 Å². The topological polar surface area (TPSA) is 101 Å². The molecule has 0 radical (unpaired) electrons. The van der Waals surface area contributed by atoms with Crippen molar-refractivity contribution in [1.29, 1.82) is 0 Å². The first kappa shape index (κ1) is 26.9. The molecule has 1 atom stereocenters. The van der Waals surface area contributed by atoms with E-state index in [0.717, 1.165) is 63.5 Å². The zero-order chi connectivity index (χ0) is 26.2. The van der Waals surface area contributed by atoms with Crippen LogP contribution in [0.1, 0.15) is 25.7 Å². The lowest BCUT2D eigenvalue weighted by atomic mass is 10.1. The molecule has 198 valence electrons. The summed E-state index contributed by atoms with van der Waals surface area (Å²) in [4.78, 5) is 11.9. The number of hydrogen-bond acceptors (Lipinski definition) is 9. The van der Waals surface area contributed by atoms with Gasteiger partial charge in [-0.05, 0) is 50.4 Å². The summed E-state index contributed by atoms with van der Waals surface area (Å²) in [7, 11) is 0. The molecule has 3 aromatic rings. The summed E-state index contributed by atoms with van der Waals surface area (Å²) in [6, 6.07) is 5.55. The number of alkyl halides is 1. The van der Waals surface area contributed by atoms with Gasteiger partial charge in [-0.1, -0.05) is 0 Å². The maximum Gasteiger partial charge on any atom is 0.228 e. The fraction of sp³-hybridized carbons (Fsp3) is 0.375. The standard InChI is InChI=1S/C19H17F3N6OS.C5H10FN/c20-12-10-14(15(21)16(22)17(12)27-30-28-8-1-2-9-28)29-18-11(4-3-6-24-18)13-5-7-25-19(23)26-13;6-5-2-1-3-7-4-5/h3-7,10,27H,1-2,8-9H2,(H2,23,25,26);5,7H,1-4H2. The molecule has 0 amide bonds. The number of halogens is 4. The van der Waals surface area contributed by atoms with Crippen molar-refractivity contribution >= 4 is 23.8 Å². The van der Waals surface area contributed by atoms with Gasteiger partial charge in [0.25, 0.3) is 0 Å². The molecular formula is C24H27F4N7OS. The van der Waals surface area contributed by atoms with Crippen LogP contribution in [-0.2, 0) is 0 Å². The lowest BCUT2D eigenvalue weighted by Crippen LogP contribution is -2.30. The molecule has 0 aliphatic carbocycles. The minimum Gasteiger partial charge on any atom is -0.435 e. The van der Waals surface area contributed by atoms with Crippen molar-refractivity contribution in [3.05, 3.63) is 54.1 Å². The van der Waals surface area contributed by atoms with Gasteiger partial charge in [0, 0.05) is 50.2 Å². The Morgan fingerprint density at radius 2 is 1.89 bits per heavy atom. The maximum atomic E-state index is 14.6. The molecule has 0 bridgehead atoms. The molecule has 2 aromatic heterocycles. The van der Waals surface area contributed by atoms with Crippen LogP contribution in [0.25, 0.3) is 11.3 Å². The van der Waals surface area contributed by atoms with E-state index in [1.807, 2.05) is 4.31 Å². The van der Waals surface area contributed by atoms with E-state index < -0.39 is 35.1 Å². The van der Waals surface area contributed by atoms with Gasteiger partial charge in [-0.3, -0.25) is 0 Å². The van der Waals surface area contributed by atoms with Gasteiger partial charge in [0.15, 0.2) is 17.4 Å². The highest BCUT2D eigenvalue weighted by Gasteiger charge is 2.23. The summed E-state index contributed by atoms with van der Waals surface area (Å²) in [6.07, 6.45) is 6.03. The van der Waals surface area contributed by atoms with E-state index in [4.69, 9.17) is 10.5 Å². The molecule has 13 heteroatoms. The maximum absolute atomic E-state index is 14.6. The summed E-state index contributed by atoms with van der Waals surface area (Å²) >= 11 is 1.04. The number of aromatic nitrogens is 3. The average Bonchev–Trinajstić information content (AvgIpc) is 3.42. The van der Waals surface area contributed by atoms with Crippen molar-refractivity contribution in [3.8, 4) is 22.9 Å². The Hall–Kier alpha value is -3.16. The molecule has 8 nitrogen and oxygen atoms in total. The molecule has 1 aromatic carbocycles. The highest BCUT2D eigenvalue weighted by molar-refractivity contribution is 7.98. The van der Waals surface area contributed by atoms with Crippen molar-refractivity contribution in [2.24, 2.45) is 0 Å². The second kappa shape index (κ2) is 12.9.